The molecule has 3 rings (SSSR count). The molecule has 1 saturated heterocycles. The summed E-state index contributed by atoms with van der Waals surface area (Å²) in [5, 5.41) is 11.2. The molecular weight excluding hydrogens is 332 g/mol. The molecule has 0 unspecified atom stereocenters. The van der Waals surface area contributed by atoms with Crippen LogP contribution >= 0.6 is 0 Å². The maximum Gasteiger partial charge on any atom is 0.306 e. The Labute approximate surface area is 154 Å². The maximum absolute atomic E-state index is 12.4. The zero-order valence-corrected chi connectivity index (χ0v) is 15.8. The van der Waals surface area contributed by atoms with E-state index in [4.69, 9.17) is 0 Å². The van der Waals surface area contributed by atoms with E-state index in [9.17, 15) is 14.7 Å². The van der Waals surface area contributed by atoms with Gasteiger partial charge in [0.1, 0.15) is 0 Å². The van der Waals surface area contributed by atoms with Gasteiger partial charge in [-0.3, -0.25) is 9.59 Å². The highest BCUT2D eigenvalue weighted by Gasteiger charge is 2.53. The molecule has 1 heterocycles. The highest BCUT2D eigenvalue weighted by Crippen LogP contribution is 2.52. The van der Waals surface area contributed by atoms with Crippen molar-refractivity contribution < 1.29 is 19.4 Å². The third-order valence-electron chi connectivity index (χ3n) is 6.02. The number of amides is 1. The van der Waals surface area contributed by atoms with E-state index in [-0.39, 0.29) is 36.2 Å². The van der Waals surface area contributed by atoms with Crippen molar-refractivity contribution in [3.05, 3.63) is 35.4 Å². The van der Waals surface area contributed by atoms with E-state index in [2.05, 4.69) is 21.8 Å². The second-order valence-electron chi connectivity index (χ2n) is 7.55. The molecule has 2 atom stereocenters. The monoisotopic (exact) mass is 360 g/mol. The first kappa shape index (κ1) is 18.9. The Morgan fingerprint density at radius 2 is 1.88 bits per heavy atom. The number of fused-ring (bicyclic) bond motifs is 2. The second kappa shape index (κ2) is 7.37. The number of ether oxygens (including phenoxy) is 1. The van der Waals surface area contributed by atoms with Gasteiger partial charge in [0, 0.05) is 24.9 Å². The molecule has 1 aromatic rings. The van der Waals surface area contributed by atoms with Crippen LogP contribution < -0.4 is 0 Å². The predicted molar refractivity (Wildman–Crippen MR) is 97.6 cm³/mol. The lowest BCUT2D eigenvalue weighted by Crippen LogP contribution is -2.50. The van der Waals surface area contributed by atoms with Crippen LogP contribution in [0, 0.1) is 0 Å². The number of benzene rings is 1. The van der Waals surface area contributed by atoms with Crippen LogP contribution in [0.3, 0.4) is 0 Å². The SMILES string of the molecule is COC(=O)CCC(=O)N1CCC2(CC1)c1ccccc1[C@H](N(C)C)[C@H]2O. The minimum Gasteiger partial charge on any atom is -0.469 e. The van der Waals surface area contributed by atoms with Crippen LogP contribution in [0.15, 0.2) is 24.3 Å². The summed E-state index contributed by atoms with van der Waals surface area (Å²) in [6.07, 6.45) is 1.28. The quantitative estimate of drug-likeness (QED) is 0.824. The number of likely N-dealkylation sites (tertiary alicyclic amines) is 1. The molecule has 0 aromatic heterocycles. The fourth-order valence-corrected chi connectivity index (χ4v) is 4.59. The molecule has 0 saturated carbocycles. The standard InChI is InChI=1S/C20H28N2O4/c1-21(2)18-14-6-4-5-7-15(14)20(19(18)25)10-12-22(13-11-20)16(23)8-9-17(24)26-3/h4-7,18-19,25H,8-13H2,1-3H3/t18-,19+/m0/s1. The number of aliphatic hydroxyl groups is 1. The number of rotatable bonds is 4. The summed E-state index contributed by atoms with van der Waals surface area (Å²) in [7, 11) is 5.32. The van der Waals surface area contributed by atoms with Crippen molar-refractivity contribution in [1.29, 1.82) is 0 Å². The molecule has 1 aliphatic carbocycles. The summed E-state index contributed by atoms with van der Waals surface area (Å²) in [5.74, 6) is -0.379. The lowest BCUT2D eigenvalue weighted by Gasteiger charge is -2.43. The zero-order chi connectivity index (χ0) is 18.9. The predicted octanol–water partition coefficient (Wildman–Crippen LogP) is 1.48. The first-order valence-electron chi connectivity index (χ1n) is 9.19. The van der Waals surface area contributed by atoms with E-state index in [0.29, 0.717) is 13.1 Å². The molecule has 26 heavy (non-hydrogen) atoms. The molecule has 1 N–H and O–H groups in total. The number of esters is 1. The smallest absolute Gasteiger partial charge is 0.306 e. The van der Waals surface area contributed by atoms with Crippen molar-refractivity contribution >= 4 is 11.9 Å². The summed E-state index contributed by atoms with van der Waals surface area (Å²) in [6, 6.07) is 8.25. The van der Waals surface area contributed by atoms with Crippen LogP contribution in [0.25, 0.3) is 0 Å². The molecule has 1 aliphatic heterocycles. The van der Waals surface area contributed by atoms with Gasteiger partial charge in [-0.25, -0.2) is 0 Å². The average Bonchev–Trinajstić information content (AvgIpc) is 2.89. The van der Waals surface area contributed by atoms with Gasteiger partial charge in [0.05, 0.1) is 25.7 Å². The lowest BCUT2D eigenvalue weighted by molar-refractivity contribution is -0.144. The summed E-state index contributed by atoms with van der Waals surface area (Å²) in [4.78, 5) is 27.5. The van der Waals surface area contributed by atoms with Gasteiger partial charge in [0.2, 0.25) is 5.91 Å². The molecule has 1 fully saturated rings. The Hall–Kier alpha value is -1.92. The van der Waals surface area contributed by atoms with Crippen LogP contribution in [0.4, 0.5) is 0 Å². The van der Waals surface area contributed by atoms with E-state index in [1.54, 1.807) is 0 Å². The van der Waals surface area contributed by atoms with Crippen molar-refractivity contribution in [1.82, 2.24) is 9.80 Å². The summed E-state index contributed by atoms with van der Waals surface area (Å²) in [5.41, 5.74) is 2.10. The summed E-state index contributed by atoms with van der Waals surface area (Å²) in [6.45, 7) is 1.21. The first-order chi connectivity index (χ1) is 12.4. The lowest BCUT2D eigenvalue weighted by atomic mass is 9.72. The zero-order valence-electron chi connectivity index (χ0n) is 15.8. The van der Waals surface area contributed by atoms with Crippen LogP contribution in [0.1, 0.15) is 42.9 Å². The van der Waals surface area contributed by atoms with Gasteiger partial charge in [-0.15, -0.1) is 0 Å². The number of carbonyl (C=O) groups is 2. The molecule has 0 bridgehead atoms. The normalized spacial score (nSPS) is 24.0. The number of hydrogen-bond acceptors (Lipinski definition) is 5. The number of nitrogens with zero attached hydrogens (tertiary/aromatic N) is 2. The fourth-order valence-electron chi connectivity index (χ4n) is 4.59. The molecule has 0 radical (unpaired) electrons. The maximum atomic E-state index is 12.4. The molecule has 6 heteroatoms. The number of carbonyl (C=O) groups excluding carboxylic acids is 2. The third kappa shape index (κ3) is 3.12. The largest absolute Gasteiger partial charge is 0.469 e. The number of methoxy groups -OCH3 is 1. The van der Waals surface area contributed by atoms with Gasteiger partial charge in [0.15, 0.2) is 0 Å². The van der Waals surface area contributed by atoms with Gasteiger partial charge in [-0.05, 0) is 38.1 Å². The van der Waals surface area contributed by atoms with Gasteiger partial charge >= 0.3 is 5.97 Å². The van der Waals surface area contributed by atoms with Crippen molar-refractivity contribution in [3.63, 3.8) is 0 Å². The fraction of sp³-hybridized carbons (Fsp3) is 0.600. The molecule has 1 spiro atoms. The number of aliphatic hydroxyl groups excluding tert-OH is 1. The Morgan fingerprint density at radius 1 is 1.23 bits per heavy atom. The van der Waals surface area contributed by atoms with E-state index in [0.717, 1.165) is 12.8 Å². The van der Waals surface area contributed by atoms with E-state index in [1.165, 1.54) is 18.2 Å². The Kier molecular flexibility index (Phi) is 5.34. The minimum absolute atomic E-state index is 0.0184. The van der Waals surface area contributed by atoms with Gasteiger partial charge in [0.25, 0.3) is 0 Å². The molecule has 6 nitrogen and oxygen atoms in total. The average molecular weight is 360 g/mol. The van der Waals surface area contributed by atoms with E-state index >= 15 is 0 Å². The highest BCUT2D eigenvalue weighted by molar-refractivity contribution is 5.81. The molecule has 142 valence electrons. The summed E-state index contributed by atoms with van der Waals surface area (Å²) >= 11 is 0. The minimum atomic E-state index is -0.484. The molecule has 1 aromatic carbocycles. The van der Waals surface area contributed by atoms with Gasteiger partial charge in [-0.2, -0.15) is 0 Å². The number of hydrogen-bond donors (Lipinski definition) is 1. The van der Waals surface area contributed by atoms with Crippen LogP contribution in [-0.2, 0) is 19.7 Å². The van der Waals surface area contributed by atoms with Gasteiger partial charge in [-0.1, -0.05) is 24.3 Å². The second-order valence-corrected chi connectivity index (χ2v) is 7.55. The Balaban J connectivity index is 1.74. The van der Waals surface area contributed by atoms with Crippen LogP contribution in [0.2, 0.25) is 0 Å². The van der Waals surface area contributed by atoms with Crippen LogP contribution in [-0.4, -0.2) is 67.2 Å². The first-order valence-corrected chi connectivity index (χ1v) is 9.19. The van der Waals surface area contributed by atoms with Crippen molar-refractivity contribution in [2.24, 2.45) is 0 Å². The number of likely N-dealkylation sites (N-methyl/N-ethyl adjacent to an activating group) is 1. The topological polar surface area (TPSA) is 70.1 Å². The third-order valence-corrected chi connectivity index (χ3v) is 6.02. The Morgan fingerprint density at radius 3 is 2.50 bits per heavy atom. The van der Waals surface area contributed by atoms with Crippen LogP contribution in [0.5, 0.6) is 0 Å². The van der Waals surface area contributed by atoms with Crippen molar-refractivity contribution in [2.45, 2.75) is 43.2 Å². The van der Waals surface area contributed by atoms with Gasteiger partial charge < -0.3 is 19.6 Å². The Bertz CT molecular complexity index is 680. The molecule has 2 aliphatic rings. The van der Waals surface area contributed by atoms with E-state index in [1.807, 2.05) is 31.1 Å². The molecule has 1 amide bonds. The van der Waals surface area contributed by atoms with Crippen molar-refractivity contribution in [2.75, 3.05) is 34.3 Å². The molecular formula is C20H28N2O4. The summed E-state index contributed by atoms with van der Waals surface area (Å²) < 4.78 is 4.60. The number of piperidine rings is 1. The van der Waals surface area contributed by atoms with Crippen molar-refractivity contribution in [3.8, 4) is 0 Å². The van der Waals surface area contributed by atoms with E-state index < -0.39 is 6.10 Å². The highest BCUT2D eigenvalue weighted by atomic mass is 16.5.